The minimum atomic E-state index is -0.725. The van der Waals surface area contributed by atoms with Crippen molar-refractivity contribution in [3.63, 3.8) is 0 Å². The fourth-order valence-corrected chi connectivity index (χ4v) is 3.11. The summed E-state index contributed by atoms with van der Waals surface area (Å²) in [5.74, 6) is -0.987. The Morgan fingerprint density at radius 2 is 1.92 bits per heavy atom. The van der Waals surface area contributed by atoms with Crippen molar-refractivity contribution in [2.24, 2.45) is 0 Å². The van der Waals surface area contributed by atoms with Crippen LogP contribution in [-0.4, -0.2) is 68.2 Å². The van der Waals surface area contributed by atoms with Crippen molar-refractivity contribution in [3.05, 3.63) is 11.8 Å². The Morgan fingerprint density at radius 1 is 1.25 bits per heavy atom. The minimum Gasteiger partial charge on any atom is -0.355 e. The molecule has 2 aliphatic heterocycles. The first-order valence-electron chi connectivity index (χ1n) is 8.18. The fourth-order valence-electron chi connectivity index (χ4n) is 3.11. The molecule has 2 N–H and O–H groups in total. The molecule has 2 amide bonds. The summed E-state index contributed by atoms with van der Waals surface area (Å²) in [6.07, 6.45) is 1.46. The van der Waals surface area contributed by atoms with Gasteiger partial charge in [-0.25, -0.2) is 0 Å². The van der Waals surface area contributed by atoms with Crippen LogP contribution in [-0.2, 0) is 23.8 Å². The third kappa shape index (κ3) is 3.77. The second-order valence-corrected chi connectivity index (χ2v) is 6.35. The smallest absolute Gasteiger partial charge is 0.249 e. The summed E-state index contributed by atoms with van der Waals surface area (Å²) in [6.45, 7) is 6.00. The van der Waals surface area contributed by atoms with Gasteiger partial charge in [-0.2, -0.15) is 0 Å². The van der Waals surface area contributed by atoms with Gasteiger partial charge in [0, 0.05) is 25.4 Å². The van der Waals surface area contributed by atoms with Gasteiger partial charge in [0.25, 0.3) is 0 Å². The van der Waals surface area contributed by atoms with Crippen molar-refractivity contribution < 1.29 is 23.8 Å². The number of rotatable bonds is 7. The highest BCUT2D eigenvalue weighted by Crippen LogP contribution is 2.40. The second kappa shape index (κ2) is 7.60. The number of carbonyl (C=O) groups is 2. The SMILES string of the molecule is CCC1OC(N(C=O)/C=C(/CNC)C(=O)NC)C2OC(C)(C)OC12. The largest absolute Gasteiger partial charge is 0.355 e. The van der Waals surface area contributed by atoms with Gasteiger partial charge in [0.15, 0.2) is 12.0 Å². The van der Waals surface area contributed by atoms with Gasteiger partial charge in [0.2, 0.25) is 12.3 Å². The minimum absolute atomic E-state index is 0.162. The summed E-state index contributed by atoms with van der Waals surface area (Å²) >= 11 is 0. The predicted octanol–water partition coefficient (Wildman–Crippen LogP) is -0.0509. The second-order valence-electron chi connectivity index (χ2n) is 6.35. The Labute approximate surface area is 142 Å². The molecule has 0 aliphatic carbocycles. The molecule has 0 saturated carbocycles. The van der Waals surface area contributed by atoms with Crippen LogP contribution in [0.2, 0.25) is 0 Å². The first-order chi connectivity index (χ1) is 11.4. The Bertz CT molecular complexity index is 508. The van der Waals surface area contributed by atoms with E-state index in [-0.39, 0.29) is 18.1 Å². The molecular formula is C16H27N3O5. The summed E-state index contributed by atoms with van der Waals surface area (Å²) in [4.78, 5) is 24.9. The highest BCUT2D eigenvalue weighted by atomic mass is 16.8. The third-order valence-corrected chi connectivity index (χ3v) is 4.13. The molecule has 4 atom stereocenters. The first-order valence-corrected chi connectivity index (χ1v) is 8.18. The van der Waals surface area contributed by atoms with Crippen molar-refractivity contribution in [2.45, 2.75) is 57.5 Å². The van der Waals surface area contributed by atoms with E-state index in [0.717, 1.165) is 6.42 Å². The summed E-state index contributed by atoms with van der Waals surface area (Å²) in [5.41, 5.74) is 0.422. The van der Waals surface area contributed by atoms with E-state index in [0.29, 0.717) is 18.5 Å². The van der Waals surface area contributed by atoms with Crippen LogP contribution >= 0.6 is 0 Å². The molecule has 0 aromatic heterocycles. The molecule has 0 spiro atoms. The third-order valence-electron chi connectivity index (χ3n) is 4.13. The van der Waals surface area contributed by atoms with E-state index in [1.165, 1.54) is 11.1 Å². The maximum Gasteiger partial charge on any atom is 0.249 e. The zero-order valence-electron chi connectivity index (χ0n) is 14.9. The maximum atomic E-state index is 12.0. The summed E-state index contributed by atoms with van der Waals surface area (Å²) in [5, 5.41) is 5.48. The molecule has 2 rings (SSSR count). The predicted molar refractivity (Wildman–Crippen MR) is 86.8 cm³/mol. The van der Waals surface area contributed by atoms with Crippen molar-refractivity contribution in [1.82, 2.24) is 15.5 Å². The molecule has 2 saturated heterocycles. The lowest BCUT2D eigenvalue weighted by molar-refractivity contribution is -0.201. The van der Waals surface area contributed by atoms with Crippen LogP contribution in [0, 0.1) is 0 Å². The van der Waals surface area contributed by atoms with Crippen LogP contribution in [0.1, 0.15) is 27.2 Å². The fraction of sp³-hybridized carbons (Fsp3) is 0.750. The normalized spacial score (nSPS) is 31.6. The standard InChI is InChI=1S/C16H27N3O5/c1-6-11-12-13(24-16(2,3)23-12)15(22-11)19(9-20)8-10(7-17-4)14(21)18-5/h8-9,11-13,15,17H,6-7H2,1-5H3,(H,18,21)/b10-8-. The van der Waals surface area contributed by atoms with Crippen LogP contribution in [0.15, 0.2) is 11.8 Å². The molecule has 2 aliphatic rings. The van der Waals surface area contributed by atoms with Crippen LogP contribution in [0.5, 0.6) is 0 Å². The van der Waals surface area contributed by atoms with Gasteiger partial charge in [-0.15, -0.1) is 0 Å². The lowest BCUT2D eigenvalue weighted by Gasteiger charge is -2.28. The maximum absolute atomic E-state index is 12.0. The van der Waals surface area contributed by atoms with Gasteiger partial charge in [0.1, 0.15) is 12.2 Å². The van der Waals surface area contributed by atoms with E-state index in [1.807, 2.05) is 20.8 Å². The molecule has 2 fully saturated rings. The number of likely N-dealkylation sites (N-methyl/N-ethyl adjacent to an activating group) is 2. The van der Waals surface area contributed by atoms with E-state index < -0.39 is 18.1 Å². The molecule has 8 nitrogen and oxygen atoms in total. The number of hydrogen-bond acceptors (Lipinski definition) is 6. The average Bonchev–Trinajstić information content (AvgIpc) is 3.03. The van der Waals surface area contributed by atoms with Gasteiger partial charge in [-0.05, 0) is 27.3 Å². The topological polar surface area (TPSA) is 89.1 Å². The highest BCUT2D eigenvalue weighted by molar-refractivity contribution is 5.93. The molecule has 0 aromatic rings. The molecule has 4 unspecified atom stereocenters. The molecule has 24 heavy (non-hydrogen) atoms. The van der Waals surface area contributed by atoms with E-state index in [4.69, 9.17) is 14.2 Å². The van der Waals surface area contributed by atoms with Gasteiger partial charge in [-0.3, -0.25) is 14.5 Å². The van der Waals surface area contributed by atoms with Crippen LogP contribution in [0.3, 0.4) is 0 Å². The lowest BCUT2D eigenvalue weighted by atomic mass is 10.1. The summed E-state index contributed by atoms with van der Waals surface area (Å²) in [7, 11) is 3.27. The van der Waals surface area contributed by atoms with Gasteiger partial charge < -0.3 is 24.8 Å². The zero-order valence-corrected chi connectivity index (χ0v) is 14.9. The molecule has 2 heterocycles. The Hall–Kier alpha value is -1.48. The van der Waals surface area contributed by atoms with Gasteiger partial charge in [0.05, 0.1) is 6.10 Å². The molecular weight excluding hydrogens is 314 g/mol. The Balaban J connectivity index is 2.26. The number of nitrogens with one attached hydrogen (secondary N) is 2. The summed E-state index contributed by atoms with van der Waals surface area (Å²) < 4.78 is 17.8. The number of amides is 2. The average molecular weight is 341 g/mol. The lowest BCUT2D eigenvalue weighted by Crippen LogP contribution is -2.42. The molecule has 0 aromatic carbocycles. The molecule has 8 heteroatoms. The van der Waals surface area contributed by atoms with Crippen molar-refractivity contribution in [3.8, 4) is 0 Å². The Morgan fingerprint density at radius 3 is 2.46 bits per heavy atom. The Kier molecular flexibility index (Phi) is 5.97. The monoisotopic (exact) mass is 341 g/mol. The van der Waals surface area contributed by atoms with Crippen LogP contribution in [0.4, 0.5) is 0 Å². The van der Waals surface area contributed by atoms with E-state index >= 15 is 0 Å². The van der Waals surface area contributed by atoms with E-state index in [2.05, 4.69) is 10.6 Å². The first kappa shape index (κ1) is 18.9. The number of ether oxygens (including phenoxy) is 3. The molecule has 0 bridgehead atoms. The van der Waals surface area contributed by atoms with Crippen LogP contribution < -0.4 is 10.6 Å². The quantitative estimate of drug-likeness (QED) is 0.499. The van der Waals surface area contributed by atoms with Crippen LogP contribution in [0.25, 0.3) is 0 Å². The number of nitrogens with zero attached hydrogens (tertiary/aromatic N) is 1. The summed E-state index contributed by atoms with van der Waals surface area (Å²) in [6, 6.07) is 0. The number of hydrogen-bond donors (Lipinski definition) is 2. The van der Waals surface area contributed by atoms with Crippen molar-refractivity contribution in [1.29, 1.82) is 0 Å². The number of carbonyl (C=O) groups excluding carboxylic acids is 2. The number of fused-ring (bicyclic) bond motifs is 1. The van der Waals surface area contributed by atoms with Crippen molar-refractivity contribution >= 4 is 12.3 Å². The van der Waals surface area contributed by atoms with Crippen molar-refractivity contribution in [2.75, 3.05) is 20.6 Å². The molecule has 0 radical (unpaired) electrons. The molecule has 136 valence electrons. The highest BCUT2D eigenvalue weighted by Gasteiger charge is 2.56. The van der Waals surface area contributed by atoms with Gasteiger partial charge in [-0.1, -0.05) is 6.92 Å². The van der Waals surface area contributed by atoms with E-state index in [1.54, 1.807) is 14.1 Å². The van der Waals surface area contributed by atoms with Gasteiger partial charge >= 0.3 is 0 Å². The zero-order chi connectivity index (χ0) is 17.9. The van der Waals surface area contributed by atoms with E-state index in [9.17, 15) is 9.59 Å².